The van der Waals surface area contributed by atoms with Crippen molar-refractivity contribution >= 4 is 55.2 Å². The molecule has 2 aromatic carbocycles. The molecule has 6 N–H and O–H groups in total. The Hall–Kier alpha value is -2.06. The van der Waals surface area contributed by atoms with Crippen LogP contribution in [0.3, 0.4) is 0 Å². The molecule has 0 heterocycles. The summed E-state index contributed by atoms with van der Waals surface area (Å²) in [4.78, 5) is 22.5. The second-order valence-corrected chi connectivity index (χ2v) is 7.67. The van der Waals surface area contributed by atoms with Crippen molar-refractivity contribution in [3.05, 3.63) is 54.5 Å². The molecule has 0 aromatic heterocycles. The van der Waals surface area contributed by atoms with E-state index in [1.807, 2.05) is 0 Å². The summed E-state index contributed by atoms with van der Waals surface area (Å²) in [7, 11) is 0. The summed E-state index contributed by atoms with van der Waals surface area (Å²) in [5.74, 6) is -2.15. The van der Waals surface area contributed by atoms with Gasteiger partial charge in [0.25, 0.3) is 0 Å². The largest absolute Gasteiger partial charge is 0.478 e. The molecule has 0 amide bonds. The molecule has 0 unspecified atom stereocenters. The fourth-order valence-electron chi connectivity index (χ4n) is 2.89. The lowest BCUT2D eigenvalue weighted by Crippen LogP contribution is -2.10. The van der Waals surface area contributed by atoms with Gasteiger partial charge in [0.2, 0.25) is 0 Å². The second kappa shape index (κ2) is 7.67. The maximum Gasteiger partial charge on any atom is 0.337 e. The standard InChI is InChI=1S/C18H18Br2N2O4/c1-7-9(13(19)5-11(15(7)21)17(23)24)3-4-10-8(2)16(22)12(18(25)26)6-14(10)20/h5-6H,3-4,21-22H2,1-2H3,(H,23,24)(H,25,26). The van der Waals surface area contributed by atoms with E-state index in [9.17, 15) is 19.8 Å². The van der Waals surface area contributed by atoms with Gasteiger partial charge >= 0.3 is 11.9 Å². The Morgan fingerprint density at radius 3 is 1.42 bits per heavy atom. The van der Waals surface area contributed by atoms with Gasteiger partial charge in [-0.15, -0.1) is 0 Å². The first-order valence-corrected chi connectivity index (χ1v) is 9.26. The smallest absolute Gasteiger partial charge is 0.337 e. The monoisotopic (exact) mass is 484 g/mol. The van der Waals surface area contributed by atoms with Crippen LogP contribution in [-0.2, 0) is 12.8 Å². The SMILES string of the molecule is Cc1c(N)c(C(=O)O)cc(Br)c1CCc1c(Br)cc(C(=O)O)c(N)c1C. The average molecular weight is 486 g/mol. The lowest BCUT2D eigenvalue weighted by Gasteiger charge is -2.17. The third kappa shape index (κ3) is 3.71. The molecule has 8 heteroatoms. The Kier molecular flexibility index (Phi) is 5.98. The highest BCUT2D eigenvalue weighted by atomic mass is 79.9. The average Bonchev–Trinajstić information content (AvgIpc) is 2.56. The fourth-order valence-corrected chi connectivity index (χ4v) is 4.34. The van der Waals surface area contributed by atoms with Crippen LogP contribution in [0.1, 0.15) is 43.0 Å². The molecule has 6 nitrogen and oxygen atoms in total. The van der Waals surface area contributed by atoms with Gasteiger partial charge in [0, 0.05) is 20.3 Å². The molecule has 0 aliphatic carbocycles. The van der Waals surface area contributed by atoms with Crippen LogP contribution in [0, 0.1) is 13.8 Å². The molecule has 0 saturated heterocycles. The normalized spacial score (nSPS) is 10.8. The number of nitrogen functional groups attached to an aromatic ring is 2. The highest BCUT2D eigenvalue weighted by Crippen LogP contribution is 2.33. The Morgan fingerprint density at radius 2 is 1.15 bits per heavy atom. The Morgan fingerprint density at radius 1 is 0.846 bits per heavy atom. The molecule has 26 heavy (non-hydrogen) atoms. The minimum Gasteiger partial charge on any atom is -0.478 e. The number of carbonyl (C=O) groups is 2. The number of rotatable bonds is 5. The van der Waals surface area contributed by atoms with E-state index in [0.717, 1.165) is 11.1 Å². The molecule has 0 aliphatic rings. The second-order valence-electron chi connectivity index (χ2n) is 5.96. The van der Waals surface area contributed by atoms with Crippen molar-refractivity contribution in [2.24, 2.45) is 0 Å². The van der Waals surface area contributed by atoms with Crippen LogP contribution in [0.4, 0.5) is 11.4 Å². The van der Waals surface area contributed by atoms with E-state index in [0.29, 0.717) is 32.9 Å². The van der Waals surface area contributed by atoms with E-state index in [1.165, 1.54) is 12.1 Å². The van der Waals surface area contributed by atoms with Crippen molar-refractivity contribution in [2.75, 3.05) is 11.5 Å². The summed E-state index contributed by atoms with van der Waals surface area (Å²) in [5.41, 5.74) is 15.8. The van der Waals surface area contributed by atoms with E-state index in [-0.39, 0.29) is 22.5 Å². The van der Waals surface area contributed by atoms with Gasteiger partial charge < -0.3 is 21.7 Å². The Balaban J connectivity index is 2.42. The minimum absolute atomic E-state index is 0.0607. The molecule has 0 saturated carbocycles. The van der Waals surface area contributed by atoms with Crippen molar-refractivity contribution in [2.45, 2.75) is 26.7 Å². The zero-order chi connectivity index (χ0) is 19.8. The molecule has 2 rings (SSSR count). The predicted octanol–water partition coefficient (Wildman–Crippen LogP) is 4.17. The first-order chi connectivity index (χ1) is 12.1. The van der Waals surface area contributed by atoms with Gasteiger partial charge in [-0.25, -0.2) is 9.59 Å². The zero-order valence-corrected chi connectivity index (χ0v) is 17.4. The van der Waals surface area contributed by atoms with Crippen molar-refractivity contribution in [1.29, 1.82) is 0 Å². The van der Waals surface area contributed by atoms with Crippen LogP contribution in [-0.4, -0.2) is 22.2 Å². The number of halogens is 2. The summed E-state index contributed by atoms with van der Waals surface area (Å²) < 4.78 is 1.34. The number of benzene rings is 2. The lowest BCUT2D eigenvalue weighted by atomic mass is 9.93. The number of carboxylic acid groups (broad SMARTS) is 2. The van der Waals surface area contributed by atoms with Crippen LogP contribution >= 0.6 is 31.9 Å². The van der Waals surface area contributed by atoms with Gasteiger partial charge in [0.05, 0.1) is 11.1 Å². The number of nitrogens with two attached hydrogens (primary N) is 2. The lowest BCUT2D eigenvalue weighted by molar-refractivity contribution is 0.0687. The first kappa shape index (κ1) is 20.3. The number of aromatic carboxylic acids is 2. The molecule has 138 valence electrons. The first-order valence-electron chi connectivity index (χ1n) is 7.67. The van der Waals surface area contributed by atoms with Gasteiger partial charge in [0.15, 0.2) is 0 Å². The minimum atomic E-state index is -1.08. The molecule has 0 bridgehead atoms. The third-order valence-corrected chi connectivity index (χ3v) is 5.91. The topological polar surface area (TPSA) is 127 Å². The van der Waals surface area contributed by atoms with E-state index >= 15 is 0 Å². The maximum absolute atomic E-state index is 11.3. The Labute approximate surface area is 167 Å². The highest BCUT2D eigenvalue weighted by Gasteiger charge is 2.19. The van der Waals surface area contributed by atoms with Gasteiger partial charge in [-0.1, -0.05) is 31.9 Å². The van der Waals surface area contributed by atoms with Gasteiger partial charge in [-0.3, -0.25) is 0 Å². The van der Waals surface area contributed by atoms with Crippen LogP contribution in [0.5, 0.6) is 0 Å². The van der Waals surface area contributed by atoms with Gasteiger partial charge in [-0.05, 0) is 61.1 Å². The maximum atomic E-state index is 11.3. The highest BCUT2D eigenvalue weighted by molar-refractivity contribution is 9.10. The quantitative estimate of drug-likeness (QED) is 0.470. The van der Waals surface area contributed by atoms with Crippen LogP contribution in [0.15, 0.2) is 21.1 Å². The summed E-state index contributed by atoms with van der Waals surface area (Å²) in [6.07, 6.45) is 1.17. The van der Waals surface area contributed by atoms with Crippen molar-refractivity contribution < 1.29 is 19.8 Å². The third-order valence-electron chi connectivity index (χ3n) is 4.50. The van der Waals surface area contributed by atoms with Crippen molar-refractivity contribution in [3.63, 3.8) is 0 Å². The van der Waals surface area contributed by atoms with Gasteiger partial charge in [-0.2, -0.15) is 0 Å². The van der Waals surface area contributed by atoms with Crippen molar-refractivity contribution in [3.8, 4) is 0 Å². The van der Waals surface area contributed by atoms with E-state index in [4.69, 9.17) is 11.5 Å². The number of carboxylic acids is 2. The predicted molar refractivity (Wildman–Crippen MR) is 108 cm³/mol. The Bertz CT molecular complexity index is 851. The van der Waals surface area contributed by atoms with Crippen molar-refractivity contribution in [1.82, 2.24) is 0 Å². The molecular formula is C18H18Br2N2O4. The summed E-state index contributed by atoms with van der Waals surface area (Å²) in [5, 5.41) is 18.4. The fraction of sp³-hybridized carbons (Fsp3) is 0.222. The van der Waals surface area contributed by atoms with E-state index in [1.54, 1.807) is 13.8 Å². The number of hydrogen-bond donors (Lipinski definition) is 4. The molecule has 0 atom stereocenters. The number of hydrogen-bond acceptors (Lipinski definition) is 4. The summed E-state index contributed by atoms with van der Waals surface area (Å²) >= 11 is 6.85. The molecular weight excluding hydrogens is 468 g/mol. The van der Waals surface area contributed by atoms with E-state index < -0.39 is 11.9 Å². The summed E-state index contributed by atoms with van der Waals surface area (Å²) in [6, 6.07) is 3.01. The number of anilines is 2. The molecule has 0 fully saturated rings. The molecule has 0 spiro atoms. The van der Waals surface area contributed by atoms with Crippen LogP contribution in [0.2, 0.25) is 0 Å². The molecule has 0 radical (unpaired) electrons. The molecule has 0 aliphatic heterocycles. The van der Waals surface area contributed by atoms with Crippen LogP contribution in [0.25, 0.3) is 0 Å². The van der Waals surface area contributed by atoms with Gasteiger partial charge in [0.1, 0.15) is 0 Å². The molecule has 2 aromatic rings. The van der Waals surface area contributed by atoms with E-state index in [2.05, 4.69) is 31.9 Å². The van der Waals surface area contributed by atoms with Crippen LogP contribution < -0.4 is 11.5 Å². The zero-order valence-electron chi connectivity index (χ0n) is 14.2. The summed E-state index contributed by atoms with van der Waals surface area (Å²) in [6.45, 7) is 3.57.